The SMILES string of the molecule is COC(=O)c1ccc(Cl)c(S(=O)(=O)NC2CC(O)C2)c1. The van der Waals surface area contributed by atoms with Crippen molar-refractivity contribution in [2.45, 2.75) is 29.9 Å². The van der Waals surface area contributed by atoms with E-state index in [1.54, 1.807) is 0 Å². The van der Waals surface area contributed by atoms with Crippen molar-refractivity contribution in [1.29, 1.82) is 0 Å². The minimum absolute atomic E-state index is 0.0185. The number of rotatable bonds is 4. The quantitative estimate of drug-likeness (QED) is 0.805. The van der Waals surface area contributed by atoms with Gasteiger partial charge >= 0.3 is 5.97 Å². The molecule has 1 aromatic carbocycles. The van der Waals surface area contributed by atoms with Crippen LogP contribution in [0.1, 0.15) is 23.2 Å². The van der Waals surface area contributed by atoms with Crippen LogP contribution in [0.3, 0.4) is 0 Å². The average molecular weight is 320 g/mol. The maximum absolute atomic E-state index is 12.2. The summed E-state index contributed by atoms with van der Waals surface area (Å²) in [5.74, 6) is -0.641. The molecular weight excluding hydrogens is 306 g/mol. The molecule has 0 amide bonds. The Morgan fingerprint density at radius 2 is 2.10 bits per heavy atom. The van der Waals surface area contributed by atoms with E-state index in [2.05, 4.69) is 9.46 Å². The number of carbonyl (C=O) groups excluding carboxylic acids is 1. The summed E-state index contributed by atoms with van der Waals surface area (Å²) in [6, 6.07) is 3.58. The van der Waals surface area contributed by atoms with Crippen LogP contribution in [-0.2, 0) is 14.8 Å². The van der Waals surface area contributed by atoms with Crippen LogP contribution in [0.25, 0.3) is 0 Å². The van der Waals surface area contributed by atoms with Gasteiger partial charge in [-0.05, 0) is 31.0 Å². The number of methoxy groups -OCH3 is 1. The molecule has 0 bridgehead atoms. The number of hydrogen-bond acceptors (Lipinski definition) is 5. The first kappa shape index (κ1) is 15.2. The van der Waals surface area contributed by atoms with Gasteiger partial charge in [0.05, 0.1) is 23.8 Å². The number of aliphatic hydroxyl groups is 1. The van der Waals surface area contributed by atoms with E-state index in [-0.39, 0.29) is 21.5 Å². The van der Waals surface area contributed by atoms with E-state index in [9.17, 15) is 13.2 Å². The number of hydrogen-bond donors (Lipinski definition) is 2. The molecule has 110 valence electrons. The fourth-order valence-corrected chi connectivity index (χ4v) is 3.71. The fourth-order valence-electron chi connectivity index (χ4n) is 1.92. The maximum atomic E-state index is 12.2. The minimum Gasteiger partial charge on any atom is -0.465 e. The van der Waals surface area contributed by atoms with Gasteiger partial charge in [-0.1, -0.05) is 11.6 Å². The molecule has 8 heteroatoms. The van der Waals surface area contributed by atoms with Gasteiger partial charge in [-0.15, -0.1) is 0 Å². The van der Waals surface area contributed by atoms with Crippen LogP contribution >= 0.6 is 11.6 Å². The van der Waals surface area contributed by atoms with E-state index in [4.69, 9.17) is 16.7 Å². The molecule has 0 saturated heterocycles. The van der Waals surface area contributed by atoms with E-state index in [1.165, 1.54) is 25.3 Å². The van der Waals surface area contributed by atoms with E-state index in [0.29, 0.717) is 12.8 Å². The number of nitrogens with one attached hydrogen (secondary N) is 1. The Morgan fingerprint density at radius 3 is 2.65 bits per heavy atom. The van der Waals surface area contributed by atoms with Crippen LogP contribution in [0.2, 0.25) is 5.02 Å². The number of esters is 1. The molecule has 2 rings (SSSR count). The van der Waals surface area contributed by atoms with Crippen molar-refractivity contribution in [2.75, 3.05) is 7.11 Å². The van der Waals surface area contributed by atoms with Gasteiger partial charge in [0.25, 0.3) is 0 Å². The van der Waals surface area contributed by atoms with Crippen LogP contribution in [0.5, 0.6) is 0 Å². The normalized spacial score (nSPS) is 22.1. The molecule has 0 spiro atoms. The minimum atomic E-state index is -3.84. The zero-order valence-corrected chi connectivity index (χ0v) is 12.2. The molecule has 0 heterocycles. The lowest BCUT2D eigenvalue weighted by atomic mass is 9.91. The Balaban J connectivity index is 2.28. The third-order valence-corrected chi connectivity index (χ3v) is 5.08. The highest BCUT2D eigenvalue weighted by molar-refractivity contribution is 7.89. The van der Waals surface area contributed by atoms with Crippen LogP contribution in [-0.4, -0.2) is 38.7 Å². The number of carbonyl (C=O) groups is 1. The summed E-state index contributed by atoms with van der Waals surface area (Å²) in [6.45, 7) is 0. The van der Waals surface area contributed by atoms with Crippen LogP contribution in [0.15, 0.2) is 23.1 Å². The Bertz CT molecular complexity index is 625. The van der Waals surface area contributed by atoms with E-state index in [1.807, 2.05) is 0 Å². The van der Waals surface area contributed by atoms with Gasteiger partial charge < -0.3 is 9.84 Å². The molecule has 1 fully saturated rings. The lowest BCUT2D eigenvalue weighted by molar-refractivity contribution is 0.0600. The van der Waals surface area contributed by atoms with Crippen LogP contribution in [0.4, 0.5) is 0 Å². The molecule has 2 N–H and O–H groups in total. The highest BCUT2D eigenvalue weighted by atomic mass is 35.5. The number of aliphatic hydroxyl groups excluding tert-OH is 1. The van der Waals surface area contributed by atoms with E-state index in [0.717, 1.165) is 0 Å². The van der Waals surface area contributed by atoms with Crippen molar-refractivity contribution in [3.8, 4) is 0 Å². The molecule has 1 aliphatic carbocycles. The summed E-state index contributed by atoms with van der Waals surface area (Å²) in [5, 5.41) is 9.19. The predicted molar refractivity (Wildman–Crippen MR) is 72.1 cm³/mol. The second kappa shape index (κ2) is 5.69. The molecule has 0 aromatic heterocycles. The van der Waals surface area contributed by atoms with Crippen molar-refractivity contribution >= 4 is 27.6 Å². The standard InChI is InChI=1S/C12H14ClNO5S/c1-19-12(16)7-2-3-10(13)11(4-7)20(17,18)14-8-5-9(15)6-8/h2-4,8-9,14-15H,5-6H2,1H3. The molecule has 20 heavy (non-hydrogen) atoms. The smallest absolute Gasteiger partial charge is 0.337 e. The fraction of sp³-hybridized carbons (Fsp3) is 0.417. The van der Waals surface area contributed by atoms with Gasteiger partial charge in [0.2, 0.25) is 10.0 Å². The summed E-state index contributed by atoms with van der Waals surface area (Å²) in [7, 11) is -2.63. The predicted octanol–water partition coefficient (Wildman–Crippen LogP) is 0.928. The number of halogens is 1. The first-order valence-corrected chi connectivity index (χ1v) is 7.78. The molecule has 1 saturated carbocycles. The molecule has 1 aromatic rings. The Morgan fingerprint density at radius 1 is 1.45 bits per heavy atom. The van der Waals surface area contributed by atoms with Crippen molar-refractivity contribution in [3.05, 3.63) is 28.8 Å². The number of ether oxygens (including phenoxy) is 1. The third-order valence-electron chi connectivity index (χ3n) is 3.08. The summed E-state index contributed by atoms with van der Waals surface area (Å²) >= 11 is 5.88. The molecule has 0 atom stereocenters. The zero-order valence-electron chi connectivity index (χ0n) is 10.7. The Kier molecular flexibility index (Phi) is 4.33. The maximum Gasteiger partial charge on any atom is 0.337 e. The topological polar surface area (TPSA) is 92.7 Å². The van der Waals surface area contributed by atoms with Crippen LogP contribution in [0, 0.1) is 0 Å². The zero-order chi connectivity index (χ0) is 14.9. The van der Waals surface area contributed by atoms with Gasteiger partial charge in [0, 0.05) is 6.04 Å². The lowest BCUT2D eigenvalue weighted by Crippen LogP contribution is -2.46. The first-order chi connectivity index (χ1) is 9.33. The van der Waals surface area contributed by atoms with Gasteiger partial charge in [-0.3, -0.25) is 0 Å². The van der Waals surface area contributed by atoms with Gasteiger partial charge in [-0.25, -0.2) is 17.9 Å². The third kappa shape index (κ3) is 3.12. The van der Waals surface area contributed by atoms with E-state index < -0.39 is 22.1 Å². The second-order valence-corrected chi connectivity index (χ2v) is 6.67. The number of sulfonamides is 1. The van der Waals surface area contributed by atoms with Gasteiger partial charge in [0.15, 0.2) is 0 Å². The Labute approximate surface area is 121 Å². The summed E-state index contributed by atoms with van der Waals surface area (Å²) in [4.78, 5) is 11.2. The lowest BCUT2D eigenvalue weighted by Gasteiger charge is -2.31. The molecule has 1 aliphatic rings. The summed E-state index contributed by atoms with van der Waals surface area (Å²) in [6.07, 6.45) is 0.265. The number of benzene rings is 1. The van der Waals surface area contributed by atoms with Gasteiger partial charge in [-0.2, -0.15) is 0 Å². The molecular formula is C12H14ClNO5S. The van der Waals surface area contributed by atoms with Crippen molar-refractivity contribution in [3.63, 3.8) is 0 Å². The van der Waals surface area contributed by atoms with Gasteiger partial charge in [0.1, 0.15) is 4.90 Å². The highest BCUT2D eigenvalue weighted by Crippen LogP contribution is 2.26. The molecule has 6 nitrogen and oxygen atoms in total. The summed E-state index contributed by atoms with van der Waals surface area (Å²) in [5.41, 5.74) is 0.103. The molecule has 0 radical (unpaired) electrons. The Hall–Kier alpha value is -1.15. The van der Waals surface area contributed by atoms with Crippen molar-refractivity contribution < 1.29 is 23.1 Å². The molecule has 0 unspecified atom stereocenters. The summed E-state index contributed by atoms with van der Waals surface area (Å²) < 4.78 is 31.4. The molecule has 0 aliphatic heterocycles. The largest absolute Gasteiger partial charge is 0.465 e. The van der Waals surface area contributed by atoms with Crippen LogP contribution < -0.4 is 4.72 Å². The average Bonchev–Trinajstić information content (AvgIpc) is 2.36. The van der Waals surface area contributed by atoms with E-state index >= 15 is 0 Å². The van der Waals surface area contributed by atoms with Crippen molar-refractivity contribution in [2.24, 2.45) is 0 Å². The van der Waals surface area contributed by atoms with Crippen molar-refractivity contribution in [1.82, 2.24) is 4.72 Å². The monoisotopic (exact) mass is 319 g/mol. The second-order valence-electron chi connectivity index (χ2n) is 4.58. The first-order valence-electron chi connectivity index (χ1n) is 5.91. The highest BCUT2D eigenvalue weighted by Gasteiger charge is 2.32.